The lowest BCUT2D eigenvalue weighted by atomic mass is 10.2. The number of rotatable bonds is 8. The molecule has 4 heteroatoms. The van der Waals surface area contributed by atoms with E-state index in [1.165, 1.54) is 0 Å². The molecule has 0 aliphatic carbocycles. The normalized spacial score (nSPS) is 11.6. The van der Waals surface area contributed by atoms with E-state index < -0.39 is 0 Å². The summed E-state index contributed by atoms with van der Waals surface area (Å²) in [5.41, 5.74) is 0.975. The molecule has 0 fully saturated rings. The number of esters is 1. The summed E-state index contributed by atoms with van der Waals surface area (Å²) in [7, 11) is 0. The lowest BCUT2D eigenvalue weighted by Crippen LogP contribution is -2.09. The number of hydrogen-bond acceptors (Lipinski definition) is 4. The van der Waals surface area contributed by atoms with Crippen molar-refractivity contribution in [1.82, 2.24) is 0 Å². The van der Waals surface area contributed by atoms with Crippen LogP contribution < -0.4 is 0 Å². The predicted molar refractivity (Wildman–Crippen MR) is 66.7 cm³/mol. The van der Waals surface area contributed by atoms with Gasteiger partial charge in [0.2, 0.25) is 0 Å². The Morgan fingerprint density at radius 2 is 2.06 bits per heavy atom. The van der Waals surface area contributed by atoms with E-state index in [2.05, 4.69) is 0 Å². The highest BCUT2D eigenvalue weighted by Gasteiger charge is 2.06. The van der Waals surface area contributed by atoms with Gasteiger partial charge in [-0.25, -0.2) is 0 Å². The summed E-state index contributed by atoms with van der Waals surface area (Å²) in [4.78, 5) is 21.5. The van der Waals surface area contributed by atoms with Gasteiger partial charge in [0.15, 0.2) is 0 Å². The van der Waals surface area contributed by atoms with Crippen molar-refractivity contribution in [1.29, 1.82) is 0 Å². The van der Waals surface area contributed by atoms with Crippen LogP contribution in [0.4, 0.5) is 0 Å². The molecule has 0 N–H and O–H groups in total. The van der Waals surface area contributed by atoms with Gasteiger partial charge in [-0.05, 0) is 25.3 Å². The minimum absolute atomic E-state index is 0.149. The molecule has 98 valence electrons. The van der Waals surface area contributed by atoms with Gasteiger partial charge in [-0.3, -0.25) is 9.59 Å². The van der Waals surface area contributed by atoms with Gasteiger partial charge >= 0.3 is 5.97 Å². The third-order valence-corrected chi connectivity index (χ3v) is 2.52. The molecule has 0 aliphatic heterocycles. The highest BCUT2D eigenvalue weighted by Crippen LogP contribution is 2.06. The van der Waals surface area contributed by atoms with Crippen LogP contribution in [0.1, 0.15) is 31.7 Å². The number of ether oxygens (including phenoxy) is 2. The molecule has 1 rings (SSSR count). The minimum atomic E-state index is -0.225. The molecule has 0 amide bonds. The molecule has 0 saturated carbocycles. The van der Waals surface area contributed by atoms with Crippen LogP contribution in [-0.2, 0) is 25.7 Å². The Kier molecular flexibility index (Phi) is 6.54. The SMILES string of the molecule is CC(CCCC(=O)OCc1ccccc1)OC=O. The van der Waals surface area contributed by atoms with Crippen LogP contribution in [0.2, 0.25) is 0 Å². The number of hydrogen-bond donors (Lipinski definition) is 0. The average molecular weight is 250 g/mol. The second kappa shape index (κ2) is 8.28. The first-order chi connectivity index (χ1) is 8.72. The van der Waals surface area contributed by atoms with Crippen LogP contribution in [0.15, 0.2) is 30.3 Å². The summed E-state index contributed by atoms with van der Waals surface area (Å²) in [5.74, 6) is -0.225. The maximum Gasteiger partial charge on any atom is 0.306 e. The smallest absolute Gasteiger partial charge is 0.306 e. The van der Waals surface area contributed by atoms with Crippen LogP contribution in [0.5, 0.6) is 0 Å². The summed E-state index contributed by atoms with van der Waals surface area (Å²) in [6, 6.07) is 9.55. The fourth-order valence-corrected chi connectivity index (χ4v) is 1.51. The summed E-state index contributed by atoms with van der Waals surface area (Å²) >= 11 is 0. The number of carbonyl (C=O) groups excluding carboxylic acids is 2. The topological polar surface area (TPSA) is 52.6 Å². The Labute approximate surface area is 107 Å². The van der Waals surface area contributed by atoms with E-state index in [1.807, 2.05) is 30.3 Å². The lowest BCUT2D eigenvalue weighted by Gasteiger charge is -2.08. The summed E-state index contributed by atoms with van der Waals surface area (Å²) in [6.45, 7) is 2.53. The van der Waals surface area contributed by atoms with Crippen LogP contribution in [0.25, 0.3) is 0 Å². The zero-order valence-electron chi connectivity index (χ0n) is 10.5. The molecule has 0 aliphatic rings. The van der Waals surface area contributed by atoms with E-state index in [9.17, 15) is 9.59 Å². The molecule has 0 saturated heterocycles. The molecule has 0 heterocycles. The van der Waals surface area contributed by atoms with Crippen LogP contribution in [0, 0.1) is 0 Å². The van der Waals surface area contributed by atoms with Gasteiger partial charge in [-0.2, -0.15) is 0 Å². The molecule has 0 aromatic heterocycles. The first-order valence-corrected chi connectivity index (χ1v) is 6.01. The second-order valence-corrected chi connectivity index (χ2v) is 4.08. The first-order valence-electron chi connectivity index (χ1n) is 6.01. The zero-order valence-corrected chi connectivity index (χ0v) is 10.5. The predicted octanol–water partition coefficient (Wildman–Crippen LogP) is 2.46. The molecular weight excluding hydrogens is 232 g/mol. The maximum absolute atomic E-state index is 11.4. The van der Waals surface area contributed by atoms with Gasteiger partial charge in [0, 0.05) is 6.42 Å². The minimum Gasteiger partial charge on any atom is -0.465 e. The average Bonchev–Trinajstić information content (AvgIpc) is 2.38. The Balaban J connectivity index is 2.13. The van der Waals surface area contributed by atoms with Gasteiger partial charge in [0.1, 0.15) is 6.61 Å². The standard InChI is InChI=1S/C14H18O4/c1-12(18-11-15)6-5-9-14(16)17-10-13-7-3-2-4-8-13/h2-4,7-8,11-12H,5-6,9-10H2,1H3. The Morgan fingerprint density at radius 3 is 2.72 bits per heavy atom. The van der Waals surface area contributed by atoms with Crippen LogP contribution >= 0.6 is 0 Å². The molecule has 4 nitrogen and oxygen atoms in total. The van der Waals surface area contributed by atoms with Gasteiger partial charge < -0.3 is 9.47 Å². The molecule has 0 radical (unpaired) electrons. The van der Waals surface area contributed by atoms with Crippen molar-refractivity contribution in [3.05, 3.63) is 35.9 Å². The molecular formula is C14H18O4. The molecule has 1 unspecified atom stereocenters. The molecule has 1 aromatic rings. The van der Waals surface area contributed by atoms with Crippen molar-refractivity contribution in [2.24, 2.45) is 0 Å². The van der Waals surface area contributed by atoms with Crippen molar-refractivity contribution in [2.45, 2.75) is 38.9 Å². The van der Waals surface area contributed by atoms with Crippen molar-refractivity contribution in [3.8, 4) is 0 Å². The summed E-state index contributed by atoms with van der Waals surface area (Å²) < 4.78 is 9.84. The Hall–Kier alpha value is -1.84. The van der Waals surface area contributed by atoms with Gasteiger partial charge in [0.05, 0.1) is 6.10 Å². The number of carbonyl (C=O) groups is 2. The number of benzene rings is 1. The summed E-state index contributed by atoms with van der Waals surface area (Å²) in [5, 5.41) is 0. The maximum atomic E-state index is 11.4. The van der Waals surface area contributed by atoms with Gasteiger partial charge in [0.25, 0.3) is 6.47 Å². The zero-order chi connectivity index (χ0) is 13.2. The highest BCUT2D eigenvalue weighted by atomic mass is 16.5. The highest BCUT2D eigenvalue weighted by molar-refractivity contribution is 5.69. The van der Waals surface area contributed by atoms with E-state index in [-0.39, 0.29) is 12.1 Å². The van der Waals surface area contributed by atoms with Gasteiger partial charge in [-0.1, -0.05) is 30.3 Å². The van der Waals surface area contributed by atoms with E-state index in [0.29, 0.717) is 32.3 Å². The first kappa shape index (κ1) is 14.2. The lowest BCUT2D eigenvalue weighted by molar-refractivity contribution is -0.145. The van der Waals surface area contributed by atoms with E-state index >= 15 is 0 Å². The quantitative estimate of drug-likeness (QED) is 0.525. The second-order valence-electron chi connectivity index (χ2n) is 4.08. The largest absolute Gasteiger partial charge is 0.465 e. The monoisotopic (exact) mass is 250 g/mol. The molecule has 18 heavy (non-hydrogen) atoms. The molecule has 1 aromatic carbocycles. The van der Waals surface area contributed by atoms with Crippen molar-refractivity contribution in [3.63, 3.8) is 0 Å². The van der Waals surface area contributed by atoms with Crippen LogP contribution in [-0.4, -0.2) is 18.5 Å². The van der Waals surface area contributed by atoms with E-state index in [4.69, 9.17) is 9.47 Å². The molecule has 0 spiro atoms. The van der Waals surface area contributed by atoms with Gasteiger partial charge in [-0.15, -0.1) is 0 Å². The van der Waals surface area contributed by atoms with Crippen molar-refractivity contribution < 1.29 is 19.1 Å². The molecule has 0 bridgehead atoms. The van der Waals surface area contributed by atoms with E-state index in [1.54, 1.807) is 6.92 Å². The fourth-order valence-electron chi connectivity index (χ4n) is 1.51. The summed E-state index contributed by atoms with van der Waals surface area (Å²) in [6.07, 6.45) is 1.52. The Morgan fingerprint density at radius 1 is 1.33 bits per heavy atom. The van der Waals surface area contributed by atoms with Crippen molar-refractivity contribution in [2.75, 3.05) is 0 Å². The third kappa shape index (κ3) is 6.03. The molecule has 1 atom stereocenters. The fraction of sp³-hybridized carbons (Fsp3) is 0.429. The van der Waals surface area contributed by atoms with Crippen LogP contribution in [0.3, 0.4) is 0 Å². The Bertz CT molecular complexity index is 361. The third-order valence-electron chi connectivity index (χ3n) is 2.52. The van der Waals surface area contributed by atoms with E-state index in [0.717, 1.165) is 5.56 Å². The van der Waals surface area contributed by atoms with Crippen molar-refractivity contribution >= 4 is 12.4 Å².